The van der Waals surface area contributed by atoms with Crippen LogP contribution in [-0.4, -0.2) is 113 Å². The third-order valence-corrected chi connectivity index (χ3v) is 13.6. The fourth-order valence-electron chi connectivity index (χ4n) is 9.36. The van der Waals surface area contributed by atoms with Gasteiger partial charge in [-0.2, -0.15) is 0 Å². The molecular formula is C64H76O17. The van der Waals surface area contributed by atoms with E-state index in [4.69, 9.17) is 96.4 Å². The fourth-order valence-corrected chi connectivity index (χ4v) is 9.36. The minimum absolute atomic E-state index is 0.0408. The summed E-state index contributed by atoms with van der Waals surface area (Å²) in [6.45, 7) is -19.0. The average Bonchev–Trinajstić information content (AvgIpc) is 1.29. The second-order valence-corrected chi connectivity index (χ2v) is 18.8. The lowest BCUT2D eigenvalue weighted by molar-refractivity contribution is -0.169. The molecule has 2 saturated heterocycles. The lowest BCUT2D eigenvalue weighted by atomic mass is 9.94. The molecule has 17 nitrogen and oxygen atoms in total. The van der Waals surface area contributed by atoms with Crippen molar-refractivity contribution >= 4 is 0 Å². The van der Waals surface area contributed by atoms with E-state index in [-0.39, 0.29) is 108 Å². The molecule has 0 aromatic heterocycles. The highest BCUT2D eigenvalue weighted by Gasteiger charge is 2.24. The summed E-state index contributed by atoms with van der Waals surface area (Å²) < 4.78 is 223. The first kappa shape index (κ1) is 41.7. The summed E-state index contributed by atoms with van der Waals surface area (Å²) in [5.74, 6) is -2.44. The predicted octanol–water partition coefficient (Wildman–Crippen LogP) is 10.8. The van der Waals surface area contributed by atoms with E-state index in [0.717, 1.165) is 50.7 Å². The minimum Gasteiger partial charge on any atom is -0.493 e. The predicted molar refractivity (Wildman–Crippen MR) is 302 cm³/mol. The molecule has 0 bridgehead atoms. The Hall–Kier alpha value is -7.28. The SMILES string of the molecule is [2H]C([2H])([2H])Oc1cc(CO)ccc1OC([2H])([2H])C([2H])([2H])Oc1cc2c(cc1OC)Cc1cc(OC([2H])([2H])C([2H])([2H])Oc3ccc(COC4CCCCO4)cc3OC)c(OC)cc1Cc1cc(OC([2H])([2H])C([2H])([2H])Oc3ccc(COC4CCCCO4)cc3OC)c(OC)cc1C2. The number of benzene rings is 6. The Labute approximate surface area is 496 Å². The van der Waals surface area contributed by atoms with E-state index >= 15 is 0 Å². The maximum absolute atomic E-state index is 9.76. The summed E-state index contributed by atoms with van der Waals surface area (Å²) in [5, 5.41) is 9.76. The van der Waals surface area contributed by atoms with E-state index in [1.807, 2.05) is 0 Å². The largest absolute Gasteiger partial charge is 0.493 e. The summed E-state index contributed by atoms with van der Waals surface area (Å²) in [6, 6.07) is 21.5. The number of fused-ring (bicyclic) bond motifs is 3. The molecule has 0 radical (unpaired) electrons. The van der Waals surface area contributed by atoms with Crippen molar-refractivity contribution in [3.05, 3.63) is 141 Å². The van der Waals surface area contributed by atoms with Crippen molar-refractivity contribution in [2.24, 2.45) is 0 Å². The van der Waals surface area contributed by atoms with Crippen LogP contribution in [-0.2, 0) is 58.0 Å². The molecule has 0 saturated carbocycles. The van der Waals surface area contributed by atoms with Crippen molar-refractivity contribution in [1.29, 1.82) is 0 Å². The van der Waals surface area contributed by atoms with Gasteiger partial charge in [0.2, 0.25) is 0 Å². The lowest BCUT2D eigenvalue weighted by Crippen LogP contribution is -2.22. The molecule has 2 heterocycles. The van der Waals surface area contributed by atoms with Gasteiger partial charge in [0.05, 0.1) is 83.0 Å². The van der Waals surface area contributed by atoms with Crippen molar-refractivity contribution in [3.8, 4) is 69.0 Å². The van der Waals surface area contributed by atoms with Gasteiger partial charge in [-0.3, -0.25) is 0 Å². The van der Waals surface area contributed by atoms with E-state index < -0.39 is 64.5 Å². The lowest BCUT2D eigenvalue weighted by Gasteiger charge is -2.22. The zero-order valence-electron chi connectivity index (χ0n) is 60.7. The summed E-state index contributed by atoms with van der Waals surface area (Å²) in [6.07, 6.45) is 4.33. The van der Waals surface area contributed by atoms with Gasteiger partial charge >= 0.3 is 0 Å². The van der Waals surface area contributed by atoms with Gasteiger partial charge in [-0.05, 0) is 181 Å². The fraction of sp³-hybridized carbons (Fsp3) is 0.438. The highest BCUT2D eigenvalue weighted by molar-refractivity contribution is 5.58. The van der Waals surface area contributed by atoms with E-state index in [2.05, 4.69) is 0 Å². The summed E-state index contributed by atoms with van der Waals surface area (Å²) in [5.41, 5.74) is 4.08. The van der Waals surface area contributed by atoms with Crippen molar-refractivity contribution in [3.63, 3.8) is 0 Å². The van der Waals surface area contributed by atoms with Gasteiger partial charge in [0.25, 0.3) is 0 Å². The van der Waals surface area contributed by atoms with Crippen LogP contribution in [0.2, 0.25) is 0 Å². The monoisotopic (exact) mass is 1130 g/mol. The number of rotatable bonds is 28. The molecule has 9 rings (SSSR count). The standard InChI is InChI=1S/C64H76O17/c1-66-54-27-42(39-65)13-16-51(54)72-21-24-75-60-36-48-30-46-34-58(70-5)62(77-26-23-74-53-18-15-44(29-56(53)68-3)41-81-64-12-8-10-20-79-64)38-50(46)32-47-35-59(71-6)61(37-49(47)31-45(48)33-57(60)69-4)76-25-22-73-52-17-14-43(28-55(52)67-2)40-80-63-11-7-9-19-78-63/h13-18,27-29,33-38,63-65H,7-12,19-26,30-32,39-41H2,1-6H3/i1D3,21D2,22D2,23D2,24D2,25D2,26D2. The van der Waals surface area contributed by atoms with E-state index in [1.54, 1.807) is 24.3 Å². The Kier molecular flexibility index (Phi) is 15.1. The highest BCUT2D eigenvalue weighted by atomic mass is 16.7. The molecule has 2 fully saturated rings. The van der Waals surface area contributed by atoms with Gasteiger partial charge in [-0.25, -0.2) is 0 Å². The van der Waals surface area contributed by atoms with Crippen LogP contribution in [0.15, 0.2) is 91.0 Å². The van der Waals surface area contributed by atoms with E-state index in [9.17, 15) is 5.11 Å². The van der Waals surface area contributed by atoms with Crippen LogP contribution in [0.25, 0.3) is 0 Å². The Morgan fingerprint density at radius 1 is 0.395 bits per heavy atom. The molecule has 81 heavy (non-hydrogen) atoms. The molecule has 1 aliphatic carbocycles. The molecule has 17 heteroatoms. The molecule has 434 valence electrons. The van der Waals surface area contributed by atoms with Gasteiger partial charge in [-0.15, -0.1) is 0 Å². The van der Waals surface area contributed by atoms with Crippen LogP contribution in [0.4, 0.5) is 0 Å². The van der Waals surface area contributed by atoms with Crippen LogP contribution in [0.3, 0.4) is 0 Å². The molecule has 2 unspecified atom stereocenters. The van der Waals surface area contributed by atoms with Crippen LogP contribution in [0.1, 0.15) is 109 Å². The minimum atomic E-state index is -3.43. The molecule has 3 aliphatic rings. The molecule has 2 aliphatic heterocycles. The third-order valence-electron chi connectivity index (χ3n) is 13.6. The zero-order chi connectivity index (χ0) is 69.6. The van der Waals surface area contributed by atoms with Gasteiger partial charge in [0.15, 0.2) is 81.6 Å². The van der Waals surface area contributed by atoms with Crippen molar-refractivity contribution in [1.82, 2.24) is 0 Å². The summed E-state index contributed by atoms with van der Waals surface area (Å²) in [7, 11) is 3.46. The van der Waals surface area contributed by atoms with Crippen molar-refractivity contribution < 1.29 is 101 Å². The Balaban J connectivity index is 1.08. The quantitative estimate of drug-likeness (QED) is 0.0491. The van der Waals surface area contributed by atoms with Crippen LogP contribution in [0.5, 0.6) is 69.0 Å². The first-order chi connectivity index (χ1) is 45.3. The molecular weight excluding hydrogens is 1040 g/mol. The number of aliphatic hydroxyl groups excluding tert-OH is 1. The first-order valence-electron chi connectivity index (χ1n) is 33.8. The maximum atomic E-state index is 9.76. The smallest absolute Gasteiger partial charge is 0.161 e. The topological polar surface area (TPSA) is 168 Å². The second-order valence-electron chi connectivity index (χ2n) is 18.8. The number of hydrogen-bond donors (Lipinski definition) is 1. The van der Waals surface area contributed by atoms with Crippen LogP contribution < -0.4 is 56.8 Å². The number of aliphatic hydroxyl groups is 1. The molecule has 6 aromatic rings. The van der Waals surface area contributed by atoms with Crippen LogP contribution >= 0.6 is 0 Å². The molecule has 6 aromatic carbocycles. The number of hydrogen-bond acceptors (Lipinski definition) is 17. The Morgan fingerprint density at radius 3 is 1.02 bits per heavy atom. The van der Waals surface area contributed by atoms with Crippen molar-refractivity contribution in [2.75, 3.05) is 95.2 Å². The molecule has 0 spiro atoms. The summed E-state index contributed by atoms with van der Waals surface area (Å²) in [4.78, 5) is 0. The Morgan fingerprint density at radius 2 is 0.704 bits per heavy atom. The van der Waals surface area contributed by atoms with Crippen molar-refractivity contribution in [2.45, 2.75) is 90.2 Å². The van der Waals surface area contributed by atoms with E-state index in [0.29, 0.717) is 57.7 Å². The van der Waals surface area contributed by atoms with E-state index in [1.165, 1.54) is 90.1 Å². The molecule has 2 atom stereocenters. The molecule has 1 N–H and O–H groups in total. The third kappa shape index (κ3) is 15.6. The normalized spacial score (nSPS) is 19.7. The van der Waals surface area contributed by atoms with Crippen LogP contribution in [0, 0.1) is 0 Å². The first-order valence-corrected chi connectivity index (χ1v) is 26.3. The summed E-state index contributed by atoms with van der Waals surface area (Å²) >= 11 is 0. The average molecular weight is 1130 g/mol. The highest BCUT2D eigenvalue weighted by Crippen LogP contribution is 2.42. The van der Waals surface area contributed by atoms with Gasteiger partial charge in [0.1, 0.15) is 39.4 Å². The molecule has 0 amide bonds. The number of methoxy groups -OCH3 is 6. The zero-order valence-corrected chi connectivity index (χ0v) is 45.7. The van der Waals surface area contributed by atoms with Gasteiger partial charge in [0, 0.05) is 13.2 Å². The number of ether oxygens (including phenoxy) is 16. The van der Waals surface area contributed by atoms with Gasteiger partial charge in [-0.1, -0.05) is 18.2 Å². The van der Waals surface area contributed by atoms with Gasteiger partial charge < -0.3 is 80.9 Å². The maximum Gasteiger partial charge on any atom is 0.161 e. The Bertz CT molecular complexity index is 3560. The second kappa shape index (κ2) is 29.4.